The fraction of sp³-hybridized carbons (Fsp3) is 0.375. The second kappa shape index (κ2) is 6.68. The number of ether oxygens (including phenoxy) is 1. The number of amides is 1. The van der Waals surface area contributed by atoms with Crippen molar-refractivity contribution in [3.8, 4) is 0 Å². The van der Waals surface area contributed by atoms with Crippen LogP contribution in [-0.2, 0) is 9.53 Å². The zero-order valence-electron chi connectivity index (χ0n) is 12.2. The number of hydrogen-bond acceptors (Lipinski definition) is 3. The van der Waals surface area contributed by atoms with Crippen LogP contribution in [0.25, 0.3) is 6.08 Å². The number of benzene rings is 1. The molecule has 1 saturated heterocycles. The number of piperidine rings is 1. The minimum absolute atomic E-state index is 0.0287. The first-order valence-electron chi connectivity index (χ1n) is 6.95. The maximum absolute atomic E-state index is 13.2. The molecule has 1 aliphatic rings. The van der Waals surface area contributed by atoms with E-state index in [9.17, 15) is 18.4 Å². The molecule has 1 aromatic rings. The number of esters is 1. The van der Waals surface area contributed by atoms with Crippen molar-refractivity contribution in [2.75, 3.05) is 20.2 Å². The van der Waals surface area contributed by atoms with Crippen molar-refractivity contribution in [1.82, 2.24) is 4.90 Å². The minimum atomic E-state index is -2.69. The predicted octanol–water partition coefficient (Wildman–Crippen LogP) is 2.74. The molecule has 2 rings (SSSR count). The highest BCUT2D eigenvalue weighted by Gasteiger charge is 2.35. The maximum Gasteiger partial charge on any atom is 0.330 e. The van der Waals surface area contributed by atoms with Crippen LogP contribution in [-0.4, -0.2) is 42.9 Å². The van der Waals surface area contributed by atoms with E-state index >= 15 is 0 Å². The van der Waals surface area contributed by atoms with Crippen molar-refractivity contribution in [3.63, 3.8) is 0 Å². The Labute approximate surface area is 127 Å². The SMILES string of the molecule is COC(=O)/C=C/c1ccccc1C(=O)N1CCC(F)(F)CC1. The van der Waals surface area contributed by atoms with Gasteiger partial charge in [0.05, 0.1) is 7.11 Å². The Morgan fingerprint density at radius 1 is 1.23 bits per heavy atom. The summed E-state index contributed by atoms with van der Waals surface area (Å²) in [5.74, 6) is -3.53. The average Bonchev–Trinajstić information content (AvgIpc) is 2.52. The lowest BCUT2D eigenvalue weighted by molar-refractivity contribution is -0.134. The van der Waals surface area contributed by atoms with Gasteiger partial charge < -0.3 is 9.64 Å². The molecule has 0 N–H and O–H groups in total. The molecule has 1 aromatic carbocycles. The van der Waals surface area contributed by atoms with Crippen molar-refractivity contribution >= 4 is 18.0 Å². The molecule has 0 bridgehead atoms. The van der Waals surface area contributed by atoms with Gasteiger partial charge in [0.15, 0.2) is 0 Å². The molecule has 22 heavy (non-hydrogen) atoms. The number of alkyl halides is 2. The van der Waals surface area contributed by atoms with E-state index in [1.807, 2.05) is 0 Å². The normalized spacial score (nSPS) is 17.5. The highest BCUT2D eigenvalue weighted by Crippen LogP contribution is 2.28. The molecule has 1 heterocycles. The van der Waals surface area contributed by atoms with Gasteiger partial charge in [0.25, 0.3) is 11.8 Å². The van der Waals surface area contributed by atoms with Gasteiger partial charge in [-0.2, -0.15) is 0 Å². The molecule has 4 nitrogen and oxygen atoms in total. The van der Waals surface area contributed by atoms with Crippen molar-refractivity contribution in [3.05, 3.63) is 41.5 Å². The Hall–Kier alpha value is -2.24. The minimum Gasteiger partial charge on any atom is -0.466 e. The summed E-state index contributed by atoms with van der Waals surface area (Å²) >= 11 is 0. The van der Waals surface area contributed by atoms with Crippen molar-refractivity contribution in [1.29, 1.82) is 0 Å². The molecule has 0 aliphatic carbocycles. The van der Waals surface area contributed by atoms with E-state index in [1.54, 1.807) is 24.3 Å². The Bertz CT molecular complexity index is 589. The number of carbonyl (C=O) groups is 2. The number of nitrogens with zero attached hydrogens (tertiary/aromatic N) is 1. The zero-order valence-corrected chi connectivity index (χ0v) is 12.2. The predicted molar refractivity (Wildman–Crippen MR) is 77.6 cm³/mol. The molecule has 6 heteroatoms. The smallest absolute Gasteiger partial charge is 0.330 e. The van der Waals surface area contributed by atoms with Gasteiger partial charge in [0, 0.05) is 37.6 Å². The van der Waals surface area contributed by atoms with Gasteiger partial charge in [0.1, 0.15) is 0 Å². The van der Waals surface area contributed by atoms with E-state index in [1.165, 1.54) is 24.2 Å². The van der Waals surface area contributed by atoms with Gasteiger partial charge >= 0.3 is 5.97 Å². The maximum atomic E-state index is 13.2. The Morgan fingerprint density at radius 3 is 2.50 bits per heavy atom. The van der Waals surface area contributed by atoms with Gasteiger partial charge in [-0.15, -0.1) is 0 Å². The van der Waals surface area contributed by atoms with E-state index < -0.39 is 11.9 Å². The lowest BCUT2D eigenvalue weighted by Gasteiger charge is -2.32. The van der Waals surface area contributed by atoms with Crippen LogP contribution < -0.4 is 0 Å². The van der Waals surface area contributed by atoms with Crippen molar-refractivity contribution in [2.24, 2.45) is 0 Å². The van der Waals surface area contributed by atoms with E-state index in [0.717, 1.165) is 0 Å². The summed E-state index contributed by atoms with van der Waals surface area (Å²) in [7, 11) is 1.26. The van der Waals surface area contributed by atoms with Crippen LogP contribution in [0.3, 0.4) is 0 Å². The van der Waals surface area contributed by atoms with Gasteiger partial charge in [-0.3, -0.25) is 4.79 Å². The molecular formula is C16H17F2NO3. The van der Waals surface area contributed by atoms with E-state index in [0.29, 0.717) is 11.1 Å². The van der Waals surface area contributed by atoms with Gasteiger partial charge in [-0.25, -0.2) is 13.6 Å². The molecule has 0 radical (unpaired) electrons. The molecule has 1 aliphatic heterocycles. The van der Waals surface area contributed by atoms with E-state index in [2.05, 4.69) is 4.74 Å². The Kier molecular flexibility index (Phi) is 4.90. The van der Waals surface area contributed by atoms with Crippen LogP contribution in [0.15, 0.2) is 30.3 Å². The molecule has 0 unspecified atom stereocenters. The lowest BCUT2D eigenvalue weighted by Crippen LogP contribution is -2.42. The molecule has 1 amide bonds. The number of rotatable bonds is 3. The molecule has 118 valence electrons. The highest BCUT2D eigenvalue weighted by molar-refractivity contribution is 5.99. The summed E-state index contributed by atoms with van der Waals surface area (Å²) in [5.41, 5.74) is 0.933. The molecule has 0 aromatic heterocycles. The molecule has 1 fully saturated rings. The lowest BCUT2D eigenvalue weighted by atomic mass is 10.0. The number of carbonyl (C=O) groups excluding carboxylic acids is 2. The summed E-state index contributed by atoms with van der Waals surface area (Å²) in [6.45, 7) is 0.0573. The largest absolute Gasteiger partial charge is 0.466 e. The summed E-state index contributed by atoms with van der Waals surface area (Å²) in [6.07, 6.45) is 2.06. The van der Waals surface area contributed by atoms with Crippen LogP contribution in [0, 0.1) is 0 Å². The van der Waals surface area contributed by atoms with Crippen LogP contribution >= 0.6 is 0 Å². The van der Waals surface area contributed by atoms with Gasteiger partial charge in [0.2, 0.25) is 0 Å². The van der Waals surface area contributed by atoms with Crippen LogP contribution in [0.1, 0.15) is 28.8 Å². The highest BCUT2D eigenvalue weighted by atomic mass is 19.3. The van der Waals surface area contributed by atoms with E-state index in [-0.39, 0.29) is 31.8 Å². The first-order chi connectivity index (χ1) is 10.4. The van der Waals surface area contributed by atoms with E-state index in [4.69, 9.17) is 0 Å². The first-order valence-corrected chi connectivity index (χ1v) is 6.95. The summed E-state index contributed by atoms with van der Waals surface area (Å²) in [4.78, 5) is 25.0. The summed E-state index contributed by atoms with van der Waals surface area (Å²) in [6, 6.07) is 6.73. The van der Waals surface area contributed by atoms with Gasteiger partial charge in [-0.1, -0.05) is 18.2 Å². The first kappa shape index (κ1) is 16.1. The Morgan fingerprint density at radius 2 is 1.86 bits per heavy atom. The number of likely N-dealkylation sites (tertiary alicyclic amines) is 1. The molecular weight excluding hydrogens is 292 g/mol. The topological polar surface area (TPSA) is 46.6 Å². The molecule has 0 saturated carbocycles. The van der Waals surface area contributed by atoms with Crippen LogP contribution in [0.5, 0.6) is 0 Å². The van der Waals surface area contributed by atoms with Crippen molar-refractivity contribution in [2.45, 2.75) is 18.8 Å². The molecule has 0 spiro atoms. The average molecular weight is 309 g/mol. The third-order valence-corrected chi connectivity index (χ3v) is 3.57. The second-order valence-electron chi connectivity index (χ2n) is 5.09. The van der Waals surface area contributed by atoms with Crippen molar-refractivity contribution < 1.29 is 23.1 Å². The van der Waals surface area contributed by atoms with Crippen LogP contribution in [0.2, 0.25) is 0 Å². The number of methoxy groups -OCH3 is 1. The number of halogens is 2. The summed E-state index contributed by atoms with van der Waals surface area (Å²) in [5, 5.41) is 0. The third kappa shape index (κ3) is 3.90. The quantitative estimate of drug-likeness (QED) is 0.637. The molecule has 0 atom stereocenters. The van der Waals surface area contributed by atoms with Gasteiger partial charge in [-0.05, 0) is 17.7 Å². The Balaban J connectivity index is 2.16. The van der Waals surface area contributed by atoms with Crippen LogP contribution in [0.4, 0.5) is 8.78 Å². The second-order valence-corrected chi connectivity index (χ2v) is 5.09. The third-order valence-electron chi connectivity index (χ3n) is 3.57. The fourth-order valence-electron chi connectivity index (χ4n) is 2.27. The zero-order chi connectivity index (χ0) is 16.2. The standard InChI is InChI=1S/C16H17F2NO3/c1-22-14(20)7-6-12-4-2-3-5-13(12)15(21)19-10-8-16(17,18)9-11-19/h2-7H,8-11H2,1H3/b7-6+. The summed E-state index contributed by atoms with van der Waals surface area (Å²) < 4.78 is 30.8. The fourth-order valence-corrected chi connectivity index (χ4v) is 2.27. The number of hydrogen-bond donors (Lipinski definition) is 0. The monoisotopic (exact) mass is 309 g/mol.